The first-order valence-corrected chi connectivity index (χ1v) is 8.56. The van der Waals surface area contributed by atoms with Crippen LogP contribution in [0.2, 0.25) is 0 Å². The second kappa shape index (κ2) is 7.50. The molecule has 1 aromatic carbocycles. The van der Waals surface area contributed by atoms with Crippen LogP contribution in [0.1, 0.15) is 25.8 Å². The van der Waals surface area contributed by atoms with Gasteiger partial charge in [0.15, 0.2) is 9.84 Å². The highest BCUT2D eigenvalue weighted by Crippen LogP contribution is 2.10. The molecular formula is C14H24N2O2S. The minimum atomic E-state index is -2.90. The van der Waals surface area contributed by atoms with E-state index in [-0.39, 0.29) is 11.5 Å². The van der Waals surface area contributed by atoms with Crippen LogP contribution < -0.4 is 5.73 Å². The van der Waals surface area contributed by atoms with Crippen molar-refractivity contribution in [3.63, 3.8) is 0 Å². The van der Waals surface area contributed by atoms with Crippen molar-refractivity contribution in [2.24, 2.45) is 0 Å². The van der Waals surface area contributed by atoms with Gasteiger partial charge in [-0.1, -0.05) is 26.0 Å². The maximum absolute atomic E-state index is 11.6. The van der Waals surface area contributed by atoms with Crippen molar-refractivity contribution >= 4 is 15.5 Å². The van der Waals surface area contributed by atoms with Crippen molar-refractivity contribution in [3.05, 3.63) is 29.8 Å². The zero-order valence-corrected chi connectivity index (χ0v) is 12.6. The SMILES string of the molecule is CCCN(CCS(=O)(=O)CC)Cc1cccc(N)c1. The summed E-state index contributed by atoms with van der Waals surface area (Å²) in [4.78, 5) is 2.17. The third-order valence-electron chi connectivity index (χ3n) is 3.06. The Hall–Kier alpha value is -1.07. The molecule has 0 spiro atoms. The molecule has 1 aromatic rings. The monoisotopic (exact) mass is 284 g/mol. The number of hydrogen-bond donors (Lipinski definition) is 1. The summed E-state index contributed by atoms with van der Waals surface area (Å²) in [6.45, 7) is 6.02. The fourth-order valence-corrected chi connectivity index (χ4v) is 2.77. The first-order valence-electron chi connectivity index (χ1n) is 6.74. The highest BCUT2D eigenvalue weighted by Gasteiger charge is 2.12. The minimum absolute atomic E-state index is 0.214. The van der Waals surface area contributed by atoms with Gasteiger partial charge in [0.25, 0.3) is 0 Å². The van der Waals surface area contributed by atoms with Crippen LogP contribution >= 0.6 is 0 Å². The van der Waals surface area contributed by atoms with E-state index in [4.69, 9.17) is 5.73 Å². The average Bonchev–Trinajstić information content (AvgIpc) is 2.36. The molecule has 0 aliphatic carbocycles. The van der Waals surface area contributed by atoms with E-state index in [0.717, 1.165) is 30.8 Å². The van der Waals surface area contributed by atoms with Gasteiger partial charge in [-0.05, 0) is 30.7 Å². The summed E-state index contributed by atoms with van der Waals surface area (Å²) in [5.74, 6) is 0.442. The molecule has 0 bridgehead atoms. The molecule has 0 amide bonds. The number of hydrogen-bond acceptors (Lipinski definition) is 4. The summed E-state index contributed by atoms with van der Waals surface area (Å²) < 4.78 is 23.1. The maximum atomic E-state index is 11.6. The van der Waals surface area contributed by atoms with Crippen LogP contribution in [-0.2, 0) is 16.4 Å². The van der Waals surface area contributed by atoms with Gasteiger partial charge in [-0.2, -0.15) is 0 Å². The van der Waals surface area contributed by atoms with E-state index in [1.807, 2.05) is 24.3 Å². The Kier molecular flexibility index (Phi) is 6.31. The summed E-state index contributed by atoms with van der Waals surface area (Å²) in [6.07, 6.45) is 1.01. The van der Waals surface area contributed by atoms with Gasteiger partial charge in [-0.3, -0.25) is 4.90 Å². The molecule has 5 heteroatoms. The topological polar surface area (TPSA) is 63.4 Å². The molecule has 108 valence electrons. The van der Waals surface area contributed by atoms with Crippen molar-refractivity contribution in [2.45, 2.75) is 26.8 Å². The maximum Gasteiger partial charge on any atom is 0.151 e. The van der Waals surface area contributed by atoms with Crippen molar-refractivity contribution in [1.29, 1.82) is 0 Å². The number of sulfone groups is 1. The molecule has 0 aliphatic heterocycles. The molecule has 1 rings (SSSR count). The minimum Gasteiger partial charge on any atom is -0.399 e. The molecular weight excluding hydrogens is 260 g/mol. The standard InChI is InChI=1S/C14H24N2O2S/c1-3-8-16(9-10-19(17,18)4-2)12-13-6-5-7-14(15)11-13/h5-7,11H,3-4,8-10,12,15H2,1-2H3. The van der Waals surface area contributed by atoms with E-state index in [0.29, 0.717) is 6.54 Å². The molecule has 4 nitrogen and oxygen atoms in total. The predicted molar refractivity (Wildman–Crippen MR) is 80.8 cm³/mol. The van der Waals surface area contributed by atoms with Crippen molar-refractivity contribution in [3.8, 4) is 0 Å². The molecule has 0 unspecified atom stereocenters. The molecule has 0 fully saturated rings. The molecule has 0 saturated carbocycles. The average molecular weight is 284 g/mol. The van der Waals surface area contributed by atoms with Gasteiger partial charge >= 0.3 is 0 Å². The normalized spacial score (nSPS) is 11.9. The Morgan fingerprint density at radius 3 is 2.53 bits per heavy atom. The lowest BCUT2D eigenvalue weighted by Crippen LogP contribution is -2.30. The van der Waals surface area contributed by atoms with Gasteiger partial charge in [-0.25, -0.2) is 8.42 Å². The molecule has 0 aliphatic rings. The lowest BCUT2D eigenvalue weighted by Gasteiger charge is -2.21. The van der Waals surface area contributed by atoms with Gasteiger partial charge in [0.05, 0.1) is 5.75 Å². The molecule has 0 saturated heterocycles. The number of rotatable bonds is 8. The first kappa shape index (κ1) is 16.0. The Balaban J connectivity index is 2.62. The summed E-state index contributed by atoms with van der Waals surface area (Å²) in [7, 11) is -2.90. The van der Waals surface area contributed by atoms with Crippen LogP contribution in [-0.4, -0.2) is 37.9 Å². The molecule has 0 aromatic heterocycles. The van der Waals surface area contributed by atoms with E-state index in [2.05, 4.69) is 11.8 Å². The largest absolute Gasteiger partial charge is 0.399 e. The third kappa shape index (κ3) is 6.07. The summed E-state index contributed by atoms with van der Waals surface area (Å²) in [5, 5.41) is 0. The van der Waals surface area contributed by atoms with Crippen LogP contribution in [0.25, 0.3) is 0 Å². The lowest BCUT2D eigenvalue weighted by atomic mass is 10.2. The second-order valence-electron chi connectivity index (χ2n) is 4.76. The van der Waals surface area contributed by atoms with Gasteiger partial charge in [-0.15, -0.1) is 0 Å². The number of anilines is 1. The smallest absolute Gasteiger partial charge is 0.151 e. The number of benzene rings is 1. The highest BCUT2D eigenvalue weighted by molar-refractivity contribution is 7.91. The third-order valence-corrected chi connectivity index (χ3v) is 4.74. The number of nitrogen functional groups attached to an aromatic ring is 1. The van der Waals surface area contributed by atoms with Crippen molar-refractivity contribution < 1.29 is 8.42 Å². The van der Waals surface area contributed by atoms with Crippen LogP contribution in [0.4, 0.5) is 5.69 Å². The molecule has 2 N–H and O–H groups in total. The fraction of sp³-hybridized carbons (Fsp3) is 0.571. The van der Waals surface area contributed by atoms with E-state index in [1.165, 1.54) is 0 Å². The van der Waals surface area contributed by atoms with E-state index >= 15 is 0 Å². The molecule has 19 heavy (non-hydrogen) atoms. The number of nitrogens with two attached hydrogens (primary N) is 1. The quantitative estimate of drug-likeness (QED) is 0.741. The van der Waals surface area contributed by atoms with Crippen LogP contribution in [0.3, 0.4) is 0 Å². The van der Waals surface area contributed by atoms with Gasteiger partial charge in [0.1, 0.15) is 0 Å². The van der Waals surface area contributed by atoms with Crippen molar-refractivity contribution in [2.75, 3.05) is 30.3 Å². The second-order valence-corrected chi connectivity index (χ2v) is 7.23. The predicted octanol–water partition coefficient (Wildman–Crippen LogP) is 1.92. The van der Waals surface area contributed by atoms with E-state index in [1.54, 1.807) is 6.92 Å². The highest BCUT2D eigenvalue weighted by atomic mass is 32.2. The van der Waals surface area contributed by atoms with Crippen LogP contribution in [0.15, 0.2) is 24.3 Å². The summed E-state index contributed by atoms with van der Waals surface area (Å²) in [5.41, 5.74) is 7.63. The van der Waals surface area contributed by atoms with E-state index < -0.39 is 9.84 Å². The zero-order valence-electron chi connectivity index (χ0n) is 11.8. The summed E-state index contributed by atoms with van der Waals surface area (Å²) in [6, 6.07) is 7.75. The van der Waals surface area contributed by atoms with Gasteiger partial charge in [0.2, 0.25) is 0 Å². The van der Waals surface area contributed by atoms with Crippen molar-refractivity contribution in [1.82, 2.24) is 4.90 Å². The van der Waals surface area contributed by atoms with Gasteiger partial charge in [0, 0.05) is 24.5 Å². The number of nitrogens with zero attached hydrogens (tertiary/aromatic N) is 1. The van der Waals surface area contributed by atoms with E-state index in [9.17, 15) is 8.42 Å². The Labute approximate surface area is 116 Å². The Morgan fingerprint density at radius 2 is 1.95 bits per heavy atom. The van der Waals surface area contributed by atoms with Crippen LogP contribution in [0, 0.1) is 0 Å². The van der Waals surface area contributed by atoms with Gasteiger partial charge < -0.3 is 5.73 Å². The zero-order chi connectivity index (χ0) is 14.3. The fourth-order valence-electron chi connectivity index (χ4n) is 1.95. The molecule has 0 radical (unpaired) electrons. The first-order chi connectivity index (χ1) is 8.96. The Bertz CT molecular complexity index is 486. The summed E-state index contributed by atoms with van der Waals surface area (Å²) >= 11 is 0. The molecule has 0 heterocycles. The molecule has 0 atom stereocenters. The van der Waals surface area contributed by atoms with Crippen LogP contribution in [0.5, 0.6) is 0 Å². The Morgan fingerprint density at radius 1 is 1.21 bits per heavy atom. The lowest BCUT2D eigenvalue weighted by molar-refractivity contribution is 0.281.